The van der Waals surface area contributed by atoms with Crippen LogP contribution in [0.4, 0.5) is 0 Å². The van der Waals surface area contributed by atoms with Gasteiger partial charge in [-0.1, -0.05) is 29.3 Å². The number of halogens is 2. The highest BCUT2D eigenvalue weighted by Gasteiger charge is 2.72. The normalized spacial score (nSPS) is 30.7. The van der Waals surface area contributed by atoms with Crippen LogP contribution in [0.15, 0.2) is 18.2 Å². The highest BCUT2D eigenvalue weighted by molar-refractivity contribution is 7.85. The van der Waals surface area contributed by atoms with Crippen molar-refractivity contribution in [3.63, 3.8) is 0 Å². The summed E-state index contributed by atoms with van der Waals surface area (Å²) in [5.74, 6) is 0. The highest BCUT2D eigenvalue weighted by atomic mass is 35.5. The summed E-state index contributed by atoms with van der Waals surface area (Å²) in [7, 11) is -1.92. The Labute approximate surface area is 152 Å². The molecule has 2 aliphatic rings. The number of benzene rings is 1. The molecule has 0 spiro atoms. The van der Waals surface area contributed by atoms with Crippen LogP contribution in [0, 0.1) is 5.41 Å². The Bertz CT molecular complexity index is 742. The summed E-state index contributed by atoms with van der Waals surface area (Å²) >= 11 is 12.3. The van der Waals surface area contributed by atoms with Crippen LogP contribution in [0.1, 0.15) is 18.4 Å². The molecule has 2 fully saturated rings. The van der Waals surface area contributed by atoms with Gasteiger partial charge >= 0.3 is 0 Å². The first kappa shape index (κ1) is 18.4. The van der Waals surface area contributed by atoms with Gasteiger partial charge < -0.3 is 10.1 Å². The fraction of sp³-hybridized carbons (Fsp3) is 0.625. The van der Waals surface area contributed by atoms with Crippen LogP contribution < -0.4 is 5.32 Å². The van der Waals surface area contributed by atoms with Gasteiger partial charge in [-0.05, 0) is 37.1 Å². The van der Waals surface area contributed by atoms with E-state index in [2.05, 4.69) is 5.32 Å². The molecule has 0 amide bonds. The van der Waals surface area contributed by atoms with Crippen LogP contribution in [-0.2, 0) is 24.5 Å². The van der Waals surface area contributed by atoms with Crippen LogP contribution in [0.25, 0.3) is 0 Å². The van der Waals surface area contributed by atoms with Crippen molar-refractivity contribution >= 4 is 33.3 Å². The Balaban J connectivity index is 1.91. The van der Waals surface area contributed by atoms with Crippen molar-refractivity contribution in [3.05, 3.63) is 33.8 Å². The van der Waals surface area contributed by atoms with E-state index in [4.69, 9.17) is 32.1 Å². The second-order valence-corrected chi connectivity index (χ2v) is 9.14. The van der Waals surface area contributed by atoms with Crippen molar-refractivity contribution in [2.75, 3.05) is 33.1 Å². The predicted molar refractivity (Wildman–Crippen MR) is 94.3 cm³/mol. The maximum absolute atomic E-state index is 11.4. The van der Waals surface area contributed by atoms with Gasteiger partial charge in [-0.15, -0.1) is 0 Å². The molecular weight excluding hydrogens is 373 g/mol. The minimum atomic E-state index is -3.51. The van der Waals surface area contributed by atoms with E-state index in [0.29, 0.717) is 10.0 Å². The van der Waals surface area contributed by atoms with Crippen molar-refractivity contribution in [1.29, 1.82) is 0 Å². The van der Waals surface area contributed by atoms with Crippen molar-refractivity contribution in [1.82, 2.24) is 5.32 Å². The minimum Gasteiger partial charge on any atom is -0.378 e. The van der Waals surface area contributed by atoms with Crippen molar-refractivity contribution in [2.45, 2.75) is 24.4 Å². The second-order valence-electron chi connectivity index (χ2n) is 6.68. The van der Waals surface area contributed by atoms with Crippen molar-refractivity contribution < 1.29 is 17.3 Å². The lowest BCUT2D eigenvalue weighted by atomic mass is 9.78. The topological polar surface area (TPSA) is 64.6 Å². The number of hydrogen-bond acceptors (Lipinski definition) is 5. The Morgan fingerprint density at radius 1 is 1.33 bits per heavy atom. The maximum Gasteiger partial charge on any atom is 0.264 e. The van der Waals surface area contributed by atoms with E-state index in [-0.39, 0.29) is 23.5 Å². The Morgan fingerprint density at radius 3 is 2.71 bits per heavy atom. The van der Waals surface area contributed by atoms with E-state index >= 15 is 0 Å². The molecule has 0 radical (unpaired) electrons. The molecule has 1 saturated heterocycles. The van der Waals surface area contributed by atoms with E-state index < -0.39 is 10.1 Å². The first-order valence-corrected chi connectivity index (χ1v) is 10.3. The molecule has 24 heavy (non-hydrogen) atoms. The molecule has 134 valence electrons. The molecule has 1 aliphatic heterocycles. The molecule has 5 nitrogen and oxygen atoms in total. The third-order valence-corrected chi connectivity index (χ3v) is 6.72. The molecule has 0 bridgehead atoms. The third kappa shape index (κ3) is 3.08. The van der Waals surface area contributed by atoms with Crippen LogP contribution in [0.5, 0.6) is 0 Å². The molecule has 1 N–H and O–H groups in total. The Hall–Kier alpha value is -0.370. The molecular formula is C16H21Cl2NO4S. The van der Waals surface area contributed by atoms with Gasteiger partial charge in [-0.3, -0.25) is 4.18 Å². The number of methoxy groups -OCH3 is 1. The van der Waals surface area contributed by atoms with Gasteiger partial charge in [-0.25, -0.2) is 0 Å². The predicted octanol–water partition coefficient (Wildman–Crippen LogP) is 2.61. The lowest BCUT2D eigenvalue weighted by Gasteiger charge is -2.36. The van der Waals surface area contributed by atoms with Gasteiger partial charge in [0.2, 0.25) is 0 Å². The highest BCUT2D eigenvalue weighted by Crippen LogP contribution is 2.70. The fourth-order valence-corrected chi connectivity index (χ4v) is 4.85. The van der Waals surface area contributed by atoms with Crippen LogP contribution in [0.3, 0.4) is 0 Å². The van der Waals surface area contributed by atoms with Crippen LogP contribution in [0.2, 0.25) is 10.0 Å². The zero-order chi connectivity index (χ0) is 17.6. The van der Waals surface area contributed by atoms with Crippen molar-refractivity contribution in [3.8, 4) is 0 Å². The smallest absolute Gasteiger partial charge is 0.264 e. The molecule has 1 aromatic rings. The van der Waals surface area contributed by atoms with Crippen LogP contribution >= 0.6 is 23.2 Å². The van der Waals surface area contributed by atoms with Gasteiger partial charge in [-0.2, -0.15) is 8.42 Å². The SMILES string of the molecule is COC(COS(C)(=O)=O)C12CNCCC1(c1ccc(Cl)c(Cl)c1)C2. The van der Waals surface area contributed by atoms with Gasteiger partial charge in [0, 0.05) is 24.5 Å². The van der Waals surface area contributed by atoms with Gasteiger partial charge in [0.25, 0.3) is 10.1 Å². The molecule has 1 aliphatic carbocycles. The summed E-state index contributed by atoms with van der Waals surface area (Å²) in [5, 5.41) is 4.47. The molecule has 3 atom stereocenters. The molecule has 1 aromatic carbocycles. The number of rotatable bonds is 6. The van der Waals surface area contributed by atoms with E-state index in [9.17, 15) is 8.42 Å². The minimum absolute atomic E-state index is 0.0140. The average Bonchev–Trinajstić information content (AvgIpc) is 3.21. The first-order chi connectivity index (χ1) is 11.2. The summed E-state index contributed by atoms with van der Waals surface area (Å²) in [6.07, 6.45) is 2.56. The summed E-state index contributed by atoms with van der Waals surface area (Å²) < 4.78 is 33.4. The number of piperidine rings is 1. The van der Waals surface area contributed by atoms with E-state index in [0.717, 1.165) is 37.8 Å². The average molecular weight is 394 g/mol. The van der Waals surface area contributed by atoms with Crippen molar-refractivity contribution in [2.24, 2.45) is 5.41 Å². The monoisotopic (exact) mass is 393 g/mol. The summed E-state index contributed by atoms with van der Waals surface area (Å²) in [6, 6.07) is 5.74. The Morgan fingerprint density at radius 2 is 2.08 bits per heavy atom. The van der Waals surface area contributed by atoms with E-state index in [1.807, 2.05) is 18.2 Å². The number of fused-ring (bicyclic) bond motifs is 1. The van der Waals surface area contributed by atoms with Gasteiger partial charge in [0.15, 0.2) is 0 Å². The molecule has 1 saturated carbocycles. The summed E-state index contributed by atoms with van der Waals surface area (Å²) in [5.41, 5.74) is 0.829. The largest absolute Gasteiger partial charge is 0.378 e. The number of nitrogens with one attached hydrogen (secondary N) is 1. The third-order valence-electron chi connectivity index (χ3n) is 5.42. The molecule has 3 rings (SSSR count). The lowest BCUT2D eigenvalue weighted by Crippen LogP contribution is -2.47. The fourth-order valence-electron chi connectivity index (χ4n) is 4.18. The zero-order valence-electron chi connectivity index (χ0n) is 13.6. The molecule has 8 heteroatoms. The lowest BCUT2D eigenvalue weighted by molar-refractivity contribution is -0.00828. The summed E-state index contributed by atoms with van der Waals surface area (Å²) in [6.45, 7) is 1.66. The Kier molecular flexibility index (Phi) is 4.92. The zero-order valence-corrected chi connectivity index (χ0v) is 16.0. The van der Waals surface area contributed by atoms with E-state index in [1.54, 1.807) is 7.11 Å². The number of hydrogen-bond donors (Lipinski definition) is 1. The second kappa shape index (κ2) is 6.41. The maximum atomic E-state index is 11.4. The quantitative estimate of drug-likeness (QED) is 0.752. The standard InChI is InChI=1S/C16H21Cl2NO4S/c1-22-14(8-23-24(2,20)21)16-9-15(16,5-6-19-10-16)11-3-4-12(17)13(18)7-11/h3-4,7,14,19H,5-6,8-10H2,1-2H3. The number of ether oxygens (including phenoxy) is 1. The first-order valence-electron chi connectivity index (χ1n) is 7.78. The summed E-state index contributed by atoms with van der Waals surface area (Å²) in [4.78, 5) is 0. The van der Waals surface area contributed by atoms with E-state index in [1.165, 1.54) is 0 Å². The molecule has 0 aromatic heterocycles. The van der Waals surface area contributed by atoms with Gasteiger partial charge in [0.1, 0.15) is 0 Å². The molecule has 1 heterocycles. The van der Waals surface area contributed by atoms with Gasteiger partial charge in [0.05, 0.1) is 29.0 Å². The van der Waals surface area contributed by atoms with Crippen LogP contribution in [-0.4, -0.2) is 47.6 Å². The molecule has 3 unspecified atom stereocenters.